The molecular weight excluding hydrogens is 299 g/mol. The first kappa shape index (κ1) is 23.4. The van der Waals surface area contributed by atoms with Crippen molar-refractivity contribution in [3.63, 3.8) is 0 Å². The van der Waals surface area contributed by atoms with Crippen molar-refractivity contribution in [1.29, 1.82) is 0 Å². The van der Waals surface area contributed by atoms with Crippen LogP contribution in [0.4, 0.5) is 0 Å². The standard InChI is InChI=1S/3C2H4O2.NO.Ru/c3*1-2(3)4;1-2;/h3*1H3,(H,3,4);;/q;;;-1;+4/p-3. The van der Waals surface area contributed by atoms with Gasteiger partial charge in [-0.2, -0.15) is 0 Å². The van der Waals surface area contributed by atoms with E-state index < -0.39 is 17.9 Å². The molecule has 0 heterocycles. The zero-order valence-corrected chi connectivity index (χ0v) is 9.90. The molecule has 0 aliphatic heterocycles. The molecule has 0 radical (unpaired) electrons. The van der Waals surface area contributed by atoms with Gasteiger partial charge in [0.05, 0.1) is 0 Å². The molecule has 0 saturated heterocycles. The van der Waals surface area contributed by atoms with Crippen LogP contribution in [0.2, 0.25) is 0 Å². The molecule has 0 aliphatic rings. The van der Waals surface area contributed by atoms with Crippen LogP contribution in [-0.4, -0.2) is 17.9 Å². The van der Waals surface area contributed by atoms with Crippen molar-refractivity contribution >= 4 is 17.9 Å². The average molecular weight is 308 g/mol. The number of hydrogen-bond donors (Lipinski definition) is 0. The van der Waals surface area contributed by atoms with E-state index in [2.05, 4.69) is 3.92 Å². The molecule has 0 aromatic heterocycles. The van der Waals surface area contributed by atoms with E-state index in [0.717, 1.165) is 20.8 Å². The van der Waals surface area contributed by atoms with Crippen molar-refractivity contribution in [2.45, 2.75) is 20.8 Å². The third kappa shape index (κ3) is 765. The summed E-state index contributed by atoms with van der Waals surface area (Å²) in [5.74, 6) is -3.25. The van der Waals surface area contributed by atoms with Gasteiger partial charge in [0.15, 0.2) is 0 Å². The van der Waals surface area contributed by atoms with E-state index in [-0.39, 0.29) is 0 Å². The first-order valence-corrected chi connectivity index (χ1v) is 3.84. The second-order valence-electron chi connectivity index (χ2n) is 1.54. The Morgan fingerprint density at radius 2 is 0.867 bits per heavy atom. The Morgan fingerprint density at radius 1 is 0.867 bits per heavy atom. The molecule has 15 heavy (non-hydrogen) atoms. The molecule has 0 spiro atoms. The Morgan fingerprint density at radius 3 is 0.867 bits per heavy atom. The molecule has 0 rings (SSSR count). The van der Waals surface area contributed by atoms with Gasteiger partial charge in [0.1, 0.15) is 0 Å². The fourth-order valence-electron chi connectivity index (χ4n) is 0. The van der Waals surface area contributed by atoms with E-state index >= 15 is 0 Å². The average Bonchev–Trinajstić information content (AvgIpc) is 1.81. The molecule has 0 fully saturated rings. The van der Waals surface area contributed by atoms with Gasteiger partial charge in [-0.05, 0) is 20.8 Å². The number of aliphatic carboxylic acids is 3. The van der Waals surface area contributed by atoms with Gasteiger partial charge in [0.2, 0.25) is 0 Å². The maximum absolute atomic E-state index is 8.89. The molecule has 0 aliphatic carbocycles. The molecule has 0 unspecified atom stereocenters. The molecule has 9 heteroatoms. The van der Waals surface area contributed by atoms with Crippen molar-refractivity contribution in [2.75, 3.05) is 0 Å². The van der Waals surface area contributed by atoms with Crippen LogP contribution in [0.25, 0.3) is 0 Å². The summed E-state index contributed by atoms with van der Waals surface area (Å²) in [6.45, 7) is 2.92. The number of hydrogen-bond acceptors (Lipinski definition) is 8. The van der Waals surface area contributed by atoms with Gasteiger partial charge in [-0.15, -0.1) is 0 Å². The third-order valence-corrected chi connectivity index (χ3v) is 0. The summed E-state index contributed by atoms with van der Waals surface area (Å²) in [7, 11) is 0. The molecule has 0 aromatic rings. The topological polar surface area (TPSA) is 150 Å². The van der Waals surface area contributed by atoms with Gasteiger partial charge in [0, 0.05) is 17.9 Å². The van der Waals surface area contributed by atoms with E-state index in [4.69, 9.17) is 34.6 Å². The zero-order chi connectivity index (χ0) is 13.4. The van der Waals surface area contributed by atoms with E-state index in [1.165, 1.54) is 0 Å². The van der Waals surface area contributed by atoms with Crippen LogP contribution < -0.4 is 15.3 Å². The number of carbonyl (C=O) groups excluding carboxylic acids is 3. The number of rotatable bonds is 0. The summed E-state index contributed by atoms with van der Waals surface area (Å²) in [5.41, 5.74) is 0. The third-order valence-electron chi connectivity index (χ3n) is 0. The number of carboxylic acid groups (broad SMARTS) is 3. The van der Waals surface area contributed by atoms with Crippen LogP contribution in [0.3, 0.4) is 0 Å². The Kier molecular flexibility index (Phi) is 35.9. The monoisotopic (exact) mass is 309 g/mol. The molecular formula is C6H9NO7Ru. The van der Waals surface area contributed by atoms with E-state index in [1.807, 2.05) is 0 Å². The summed E-state index contributed by atoms with van der Waals surface area (Å²) in [4.78, 5) is 35.2. The summed E-state index contributed by atoms with van der Waals surface area (Å²) in [6, 6.07) is 0. The summed E-state index contributed by atoms with van der Waals surface area (Å²) >= 11 is 1.58. The summed E-state index contributed by atoms with van der Waals surface area (Å²) < 4.78 is 2.18. The Bertz CT molecular complexity index is 153. The maximum atomic E-state index is 8.89. The first-order chi connectivity index (χ1) is 6.61. The van der Waals surface area contributed by atoms with Crippen molar-refractivity contribution in [3.8, 4) is 0 Å². The molecule has 8 nitrogen and oxygen atoms in total. The summed E-state index contributed by atoms with van der Waals surface area (Å²) in [5, 5.41) is 26.7. The van der Waals surface area contributed by atoms with Gasteiger partial charge in [-0.25, -0.2) is 0 Å². The van der Waals surface area contributed by atoms with Crippen LogP contribution in [0, 0.1) is 4.91 Å². The van der Waals surface area contributed by atoms with E-state index in [1.54, 1.807) is 18.5 Å². The summed E-state index contributed by atoms with van der Waals surface area (Å²) in [6.07, 6.45) is 0. The van der Waals surface area contributed by atoms with Gasteiger partial charge in [-0.3, -0.25) is 0 Å². The fourth-order valence-corrected chi connectivity index (χ4v) is 0. The van der Waals surface area contributed by atoms with Crippen molar-refractivity contribution < 1.29 is 48.2 Å². The second kappa shape index (κ2) is 22.9. The molecule has 0 bridgehead atoms. The minimum absolute atomic E-state index is 0.972. The zero-order valence-electron chi connectivity index (χ0n) is 8.16. The molecule has 0 aromatic carbocycles. The second-order valence-corrected chi connectivity index (χ2v) is 1.86. The number of carboxylic acids is 3. The van der Waals surface area contributed by atoms with Crippen molar-refractivity contribution in [1.82, 2.24) is 0 Å². The Hall–Kier alpha value is -1.37. The first-order valence-electron chi connectivity index (χ1n) is 3.07. The quantitative estimate of drug-likeness (QED) is 0.332. The van der Waals surface area contributed by atoms with Gasteiger partial charge in [-0.1, -0.05) is 0 Å². The van der Waals surface area contributed by atoms with Crippen LogP contribution in [0.5, 0.6) is 0 Å². The van der Waals surface area contributed by atoms with Gasteiger partial charge < -0.3 is 29.7 Å². The number of nitrogens with zero attached hydrogens (tertiary/aromatic N) is 1. The van der Waals surface area contributed by atoms with E-state index in [9.17, 15) is 0 Å². The van der Waals surface area contributed by atoms with Crippen LogP contribution in [-0.2, 0) is 32.9 Å². The SMILES string of the molecule is CC(=O)[O-].CC(=O)[O-].CC(=O)[O-].O=[N][Ru+3]. The molecule has 0 amide bonds. The van der Waals surface area contributed by atoms with E-state index in [0.29, 0.717) is 0 Å². The number of carbonyl (C=O) groups is 3. The van der Waals surface area contributed by atoms with Crippen molar-refractivity contribution in [2.24, 2.45) is 3.92 Å². The van der Waals surface area contributed by atoms with Crippen LogP contribution in [0.1, 0.15) is 20.8 Å². The predicted molar refractivity (Wildman–Crippen MR) is 37.8 cm³/mol. The van der Waals surface area contributed by atoms with Crippen LogP contribution >= 0.6 is 0 Å². The predicted octanol–water partition coefficient (Wildman–Crippen LogP) is -3.52. The molecule has 0 N–H and O–H groups in total. The minimum atomic E-state index is -1.08. The number of nitroso groups, excluding NO2 is 1. The fraction of sp³-hybridized carbons (Fsp3) is 0.500. The van der Waals surface area contributed by atoms with Crippen molar-refractivity contribution in [3.05, 3.63) is 4.91 Å². The molecule has 0 atom stereocenters. The van der Waals surface area contributed by atoms with Gasteiger partial charge in [0.25, 0.3) is 0 Å². The van der Waals surface area contributed by atoms with Gasteiger partial charge >= 0.3 is 27.4 Å². The van der Waals surface area contributed by atoms with Crippen LogP contribution in [0.15, 0.2) is 3.92 Å². The Labute approximate surface area is 96.2 Å². The molecule has 0 saturated carbocycles. The molecule has 88 valence electrons. The normalized spacial score (nSPS) is 5.80. The Balaban J connectivity index is -0.0000000542.